The topological polar surface area (TPSA) is 46.2 Å². The molecule has 1 fully saturated rings. The number of para-hydroxylation sites is 1. The van der Waals surface area contributed by atoms with Gasteiger partial charge in [0.25, 0.3) is 0 Å². The lowest BCUT2D eigenvalue weighted by molar-refractivity contribution is -0.128. The fourth-order valence-corrected chi connectivity index (χ4v) is 4.90. The quantitative estimate of drug-likeness (QED) is 0.348. The smallest absolute Gasteiger partial charge is 0.230 e. The van der Waals surface area contributed by atoms with Gasteiger partial charge < -0.3 is 5.32 Å². The first-order valence-electron chi connectivity index (χ1n) is 11.3. The van der Waals surface area contributed by atoms with Crippen LogP contribution in [-0.4, -0.2) is 11.0 Å². The van der Waals surface area contributed by atoms with Crippen LogP contribution in [0, 0.1) is 11.3 Å². The second kappa shape index (κ2) is 11.3. The Balaban J connectivity index is 1.70. The fraction of sp³-hybridized carbons (Fsp3) is 0.407. The molecule has 1 saturated carbocycles. The lowest BCUT2D eigenvalue weighted by Gasteiger charge is -2.36. The number of hydrogen-bond acceptors (Lipinski definition) is 3. The van der Waals surface area contributed by atoms with Gasteiger partial charge in [-0.05, 0) is 67.1 Å². The van der Waals surface area contributed by atoms with E-state index in [0.717, 1.165) is 66.4 Å². The predicted octanol–water partition coefficient (Wildman–Crippen LogP) is 7.34. The van der Waals surface area contributed by atoms with E-state index in [4.69, 9.17) is 0 Å². The summed E-state index contributed by atoms with van der Waals surface area (Å²) < 4.78 is 0. The lowest BCUT2D eigenvalue weighted by Crippen LogP contribution is -2.38. The molecule has 0 heterocycles. The molecular weight excluding hydrogens is 402 g/mol. The number of benzene rings is 2. The van der Waals surface area contributed by atoms with Crippen LogP contribution in [0.25, 0.3) is 6.08 Å². The average Bonchev–Trinajstić information content (AvgIpc) is 2.79. The van der Waals surface area contributed by atoms with E-state index < -0.39 is 0 Å². The van der Waals surface area contributed by atoms with Gasteiger partial charge in [-0.3, -0.25) is 9.59 Å². The minimum Gasteiger partial charge on any atom is -0.325 e. The van der Waals surface area contributed by atoms with Gasteiger partial charge in [-0.1, -0.05) is 81.7 Å². The molecule has 0 aromatic heterocycles. The van der Waals surface area contributed by atoms with Gasteiger partial charge in [0.05, 0.1) is 5.69 Å². The summed E-state index contributed by atoms with van der Waals surface area (Å²) in [6, 6.07) is 17.4. The summed E-state index contributed by atoms with van der Waals surface area (Å²) in [5.74, 6) is 0.705. The maximum Gasteiger partial charge on any atom is 0.230 e. The molecule has 164 valence electrons. The predicted molar refractivity (Wildman–Crippen MR) is 131 cm³/mol. The van der Waals surface area contributed by atoms with E-state index >= 15 is 0 Å². The number of hydrogen-bond donors (Lipinski definition) is 1. The number of carbonyl (C=O) groups excluding carboxylic acids is 2. The summed E-state index contributed by atoms with van der Waals surface area (Å²) in [6.07, 6.45) is 10.8. The Morgan fingerprint density at radius 1 is 1.00 bits per heavy atom. The van der Waals surface area contributed by atoms with Crippen LogP contribution < -0.4 is 5.32 Å². The molecule has 0 spiro atoms. The van der Waals surface area contributed by atoms with Gasteiger partial charge in [-0.25, -0.2) is 0 Å². The molecule has 0 radical (unpaired) electrons. The molecule has 1 amide bonds. The number of anilines is 1. The van der Waals surface area contributed by atoms with Crippen molar-refractivity contribution < 1.29 is 9.59 Å². The van der Waals surface area contributed by atoms with E-state index in [0.29, 0.717) is 5.92 Å². The summed E-state index contributed by atoms with van der Waals surface area (Å²) in [6.45, 7) is 4.43. The second-order valence-corrected chi connectivity index (χ2v) is 9.94. The summed E-state index contributed by atoms with van der Waals surface area (Å²) >= 11 is 1.15. The van der Waals surface area contributed by atoms with E-state index in [9.17, 15) is 9.59 Å². The SMILES string of the molecule is CC(C)CCC1(C(=O)Nc2ccccc2SC(=O)C=Cc2ccccc2)CCCCC1. The Hall–Kier alpha value is -2.33. The van der Waals surface area contributed by atoms with Crippen molar-refractivity contribution in [2.75, 3.05) is 5.32 Å². The van der Waals surface area contributed by atoms with Crippen LogP contribution in [-0.2, 0) is 9.59 Å². The number of rotatable bonds is 8. The number of nitrogens with one attached hydrogen (secondary N) is 1. The molecule has 0 bridgehead atoms. The normalized spacial score (nSPS) is 15.8. The van der Waals surface area contributed by atoms with E-state index in [-0.39, 0.29) is 16.4 Å². The van der Waals surface area contributed by atoms with Crippen molar-refractivity contribution in [2.45, 2.75) is 63.7 Å². The Labute approximate surface area is 190 Å². The second-order valence-electron chi connectivity index (χ2n) is 8.89. The molecule has 2 aromatic rings. The van der Waals surface area contributed by atoms with E-state index in [2.05, 4.69) is 19.2 Å². The highest BCUT2D eigenvalue weighted by Crippen LogP contribution is 2.42. The van der Waals surface area contributed by atoms with Gasteiger partial charge in [-0.15, -0.1) is 0 Å². The third kappa shape index (κ3) is 6.83. The van der Waals surface area contributed by atoms with Crippen LogP contribution in [0.4, 0.5) is 5.69 Å². The van der Waals surface area contributed by atoms with Crippen molar-refractivity contribution in [3.05, 3.63) is 66.2 Å². The Morgan fingerprint density at radius 3 is 2.39 bits per heavy atom. The first-order chi connectivity index (χ1) is 15.0. The Kier molecular flexibility index (Phi) is 8.53. The number of carbonyl (C=O) groups is 2. The molecular formula is C27H33NO2S. The monoisotopic (exact) mass is 435 g/mol. The van der Waals surface area contributed by atoms with Crippen LogP contribution >= 0.6 is 11.8 Å². The van der Waals surface area contributed by atoms with Crippen LogP contribution in [0.3, 0.4) is 0 Å². The highest BCUT2D eigenvalue weighted by Gasteiger charge is 2.39. The van der Waals surface area contributed by atoms with Crippen molar-refractivity contribution in [2.24, 2.45) is 11.3 Å². The van der Waals surface area contributed by atoms with Gasteiger partial charge in [0.15, 0.2) is 0 Å². The number of amides is 1. The summed E-state index contributed by atoms with van der Waals surface area (Å²) in [5, 5.41) is 3.13. The molecule has 3 nitrogen and oxygen atoms in total. The average molecular weight is 436 g/mol. The van der Waals surface area contributed by atoms with Gasteiger partial charge in [0.1, 0.15) is 0 Å². The molecule has 1 aliphatic rings. The van der Waals surface area contributed by atoms with Crippen molar-refractivity contribution in [3.63, 3.8) is 0 Å². The van der Waals surface area contributed by atoms with E-state index in [1.165, 1.54) is 6.42 Å². The molecule has 0 aliphatic heterocycles. The third-order valence-corrected chi connectivity index (χ3v) is 6.96. The Morgan fingerprint density at radius 2 is 1.68 bits per heavy atom. The first-order valence-corrected chi connectivity index (χ1v) is 12.2. The van der Waals surface area contributed by atoms with Crippen molar-refractivity contribution in [1.29, 1.82) is 0 Å². The van der Waals surface area contributed by atoms with Crippen molar-refractivity contribution in [1.82, 2.24) is 0 Å². The molecule has 0 unspecified atom stereocenters. The van der Waals surface area contributed by atoms with Gasteiger partial charge in [-0.2, -0.15) is 0 Å². The number of thioether (sulfide) groups is 1. The summed E-state index contributed by atoms with van der Waals surface area (Å²) in [7, 11) is 0. The highest BCUT2D eigenvalue weighted by molar-refractivity contribution is 8.14. The zero-order valence-corrected chi connectivity index (χ0v) is 19.4. The highest BCUT2D eigenvalue weighted by atomic mass is 32.2. The summed E-state index contributed by atoms with van der Waals surface area (Å²) in [5.41, 5.74) is 1.44. The molecule has 3 rings (SSSR count). The minimum atomic E-state index is -0.280. The standard InChI is InChI=1S/C27H33NO2S/c1-21(2)17-20-27(18-9-4-10-19-27)26(30)28-23-13-7-8-14-24(23)31-25(29)16-15-22-11-5-3-6-12-22/h3,5-8,11-16,21H,4,9-10,17-20H2,1-2H3,(H,28,30). The molecule has 1 N–H and O–H groups in total. The van der Waals surface area contributed by atoms with Crippen LogP contribution in [0.5, 0.6) is 0 Å². The van der Waals surface area contributed by atoms with Gasteiger partial charge in [0.2, 0.25) is 11.0 Å². The molecule has 0 saturated heterocycles. The lowest BCUT2D eigenvalue weighted by atomic mass is 9.69. The van der Waals surface area contributed by atoms with Gasteiger partial charge >= 0.3 is 0 Å². The zero-order valence-electron chi connectivity index (χ0n) is 18.6. The molecule has 4 heteroatoms. The van der Waals surface area contributed by atoms with Gasteiger partial charge in [0, 0.05) is 10.3 Å². The molecule has 2 aromatic carbocycles. The van der Waals surface area contributed by atoms with E-state index in [1.807, 2.05) is 60.7 Å². The van der Waals surface area contributed by atoms with Crippen LogP contribution in [0.2, 0.25) is 0 Å². The first kappa shape index (κ1) is 23.3. The maximum absolute atomic E-state index is 13.4. The minimum absolute atomic E-state index is 0.0576. The fourth-order valence-electron chi connectivity index (χ4n) is 4.17. The molecule has 1 aliphatic carbocycles. The van der Waals surface area contributed by atoms with E-state index in [1.54, 1.807) is 6.08 Å². The largest absolute Gasteiger partial charge is 0.325 e. The van der Waals surface area contributed by atoms with Crippen molar-refractivity contribution in [3.8, 4) is 0 Å². The van der Waals surface area contributed by atoms with Crippen LogP contribution in [0.1, 0.15) is 64.4 Å². The summed E-state index contributed by atoms with van der Waals surface area (Å²) in [4.78, 5) is 26.7. The molecule has 0 atom stereocenters. The Bertz CT molecular complexity index is 898. The third-order valence-electron chi connectivity index (χ3n) is 6.05. The maximum atomic E-state index is 13.4. The molecule has 31 heavy (non-hydrogen) atoms. The zero-order chi connectivity index (χ0) is 22.1. The van der Waals surface area contributed by atoms with Crippen molar-refractivity contribution >= 4 is 34.5 Å². The van der Waals surface area contributed by atoms with Crippen LogP contribution in [0.15, 0.2) is 65.6 Å².